The highest BCUT2D eigenvalue weighted by Gasteiger charge is 2.45. The maximum atomic E-state index is 14.2. The average Bonchev–Trinajstić information content (AvgIpc) is 2.95. The molecule has 3 rings (SSSR count). The minimum absolute atomic E-state index is 0.0342. The van der Waals surface area contributed by atoms with Gasteiger partial charge < -0.3 is 24.4 Å². The number of methoxy groups -OCH3 is 1. The number of anilines is 1. The number of pyridine rings is 1. The first-order valence-electron chi connectivity index (χ1n) is 14.7. The Bertz CT molecular complexity index is 1310. The summed E-state index contributed by atoms with van der Waals surface area (Å²) in [5, 5.41) is 2.81. The maximum Gasteiger partial charge on any atom is 0.410 e. The van der Waals surface area contributed by atoms with Crippen LogP contribution in [0.25, 0.3) is 0 Å². The summed E-state index contributed by atoms with van der Waals surface area (Å²) >= 11 is 0. The summed E-state index contributed by atoms with van der Waals surface area (Å²) in [5.74, 6) is -0.963. The van der Waals surface area contributed by atoms with Gasteiger partial charge in [-0.25, -0.2) is 9.78 Å². The van der Waals surface area contributed by atoms with E-state index in [4.69, 9.17) is 9.47 Å². The quantitative estimate of drug-likeness (QED) is 0.354. The molecule has 0 saturated carbocycles. The van der Waals surface area contributed by atoms with Crippen LogP contribution in [0.15, 0.2) is 36.4 Å². The largest absolute Gasteiger partial charge is 0.444 e. The lowest BCUT2D eigenvalue weighted by molar-refractivity contribution is -0.136. The van der Waals surface area contributed by atoms with Crippen molar-refractivity contribution in [2.75, 3.05) is 45.2 Å². The van der Waals surface area contributed by atoms with Crippen molar-refractivity contribution < 1.29 is 37.4 Å². The highest BCUT2D eigenvalue weighted by atomic mass is 19.3. The van der Waals surface area contributed by atoms with Crippen molar-refractivity contribution >= 4 is 23.6 Å². The Morgan fingerprint density at radius 3 is 2.34 bits per heavy atom. The Hall–Kier alpha value is -3.80. The van der Waals surface area contributed by atoms with E-state index in [-0.39, 0.29) is 69.0 Å². The van der Waals surface area contributed by atoms with Gasteiger partial charge in [0, 0.05) is 32.4 Å². The molecule has 1 aromatic carbocycles. The monoisotopic (exact) mass is 618 g/mol. The fourth-order valence-corrected chi connectivity index (χ4v) is 5.26. The Kier molecular flexibility index (Phi) is 11.7. The molecule has 0 unspecified atom stereocenters. The molecule has 44 heavy (non-hydrogen) atoms. The van der Waals surface area contributed by atoms with Crippen molar-refractivity contribution in [1.29, 1.82) is 0 Å². The van der Waals surface area contributed by atoms with Gasteiger partial charge in [0.15, 0.2) is 0 Å². The van der Waals surface area contributed by atoms with E-state index in [0.717, 1.165) is 11.1 Å². The number of halogens is 2. The van der Waals surface area contributed by atoms with Crippen molar-refractivity contribution in [3.8, 4) is 5.88 Å². The molecule has 1 fully saturated rings. The number of nitrogens with zero attached hydrogens (tertiary/aromatic N) is 3. The predicted octanol–water partition coefficient (Wildman–Crippen LogP) is 5.50. The molecule has 10 nitrogen and oxygen atoms in total. The molecule has 2 aromatic rings. The van der Waals surface area contributed by atoms with Gasteiger partial charge in [-0.1, -0.05) is 38.1 Å². The van der Waals surface area contributed by atoms with E-state index in [0.29, 0.717) is 5.69 Å². The number of hydrogen-bond donors (Lipinski definition) is 1. The van der Waals surface area contributed by atoms with E-state index in [1.165, 1.54) is 18.1 Å². The topological polar surface area (TPSA) is 110 Å². The second-order valence-electron chi connectivity index (χ2n) is 12.2. The molecule has 242 valence electrons. The summed E-state index contributed by atoms with van der Waals surface area (Å²) in [5.41, 5.74) is 0.463. The second-order valence-corrected chi connectivity index (χ2v) is 12.2. The first kappa shape index (κ1) is 34.7. The van der Waals surface area contributed by atoms with Gasteiger partial charge in [0.25, 0.3) is 0 Å². The summed E-state index contributed by atoms with van der Waals surface area (Å²) in [4.78, 5) is 47.5. The summed E-state index contributed by atoms with van der Waals surface area (Å²) in [6, 6.07) is 10.7. The van der Waals surface area contributed by atoms with Crippen LogP contribution in [0.5, 0.6) is 5.88 Å². The van der Waals surface area contributed by atoms with Crippen molar-refractivity contribution in [3.05, 3.63) is 53.2 Å². The van der Waals surface area contributed by atoms with Crippen LogP contribution in [0.4, 0.5) is 19.3 Å². The first-order chi connectivity index (χ1) is 20.7. The fourth-order valence-electron chi connectivity index (χ4n) is 5.26. The fraction of sp³-hybridized carbons (Fsp3) is 0.562. The maximum absolute atomic E-state index is 14.2. The lowest BCUT2D eigenvalue weighted by Crippen LogP contribution is -2.53. The van der Waals surface area contributed by atoms with Crippen LogP contribution in [0.1, 0.15) is 70.2 Å². The molecule has 0 spiro atoms. The Labute approximate surface area is 258 Å². The van der Waals surface area contributed by atoms with Gasteiger partial charge in [0.2, 0.25) is 17.7 Å². The van der Waals surface area contributed by atoms with Crippen LogP contribution in [0.3, 0.4) is 0 Å². The third-order valence-electron chi connectivity index (χ3n) is 7.49. The number of benzene rings is 1. The zero-order valence-corrected chi connectivity index (χ0v) is 26.6. The summed E-state index contributed by atoms with van der Waals surface area (Å²) in [6.45, 7) is 8.50. The van der Waals surface area contributed by atoms with E-state index in [1.54, 1.807) is 38.7 Å². The molecule has 1 N–H and O–H groups in total. The van der Waals surface area contributed by atoms with E-state index >= 15 is 0 Å². The second kappa shape index (κ2) is 14.8. The van der Waals surface area contributed by atoms with Crippen molar-refractivity contribution in [2.24, 2.45) is 0 Å². The van der Waals surface area contributed by atoms with Crippen LogP contribution in [-0.4, -0.2) is 84.8 Å². The SMILES string of the molecule is COCCN(CC(=O)N1CCC(C(=O)Nc2ccc(C)nc2OC(F)F)(c2ccccc2C(C)C)CC1)C(=O)OC(C)(C)C. The number of carbonyl (C=O) groups excluding carboxylic acids is 3. The van der Waals surface area contributed by atoms with E-state index in [9.17, 15) is 23.2 Å². The highest BCUT2D eigenvalue weighted by Crippen LogP contribution is 2.41. The van der Waals surface area contributed by atoms with E-state index in [2.05, 4.69) is 15.0 Å². The lowest BCUT2D eigenvalue weighted by Gasteiger charge is -2.42. The molecule has 3 amide bonds. The van der Waals surface area contributed by atoms with E-state index in [1.807, 2.05) is 38.1 Å². The number of nitrogens with one attached hydrogen (secondary N) is 1. The third-order valence-corrected chi connectivity index (χ3v) is 7.49. The van der Waals surface area contributed by atoms with Crippen LogP contribution in [0.2, 0.25) is 0 Å². The number of likely N-dealkylation sites (tertiary alicyclic amines) is 1. The highest BCUT2D eigenvalue weighted by molar-refractivity contribution is 6.00. The molecule has 2 heterocycles. The average molecular weight is 619 g/mol. The zero-order valence-electron chi connectivity index (χ0n) is 26.6. The minimum atomic E-state index is -3.12. The normalized spacial score (nSPS) is 14.8. The van der Waals surface area contributed by atoms with Gasteiger partial charge in [-0.15, -0.1) is 0 Å². The number of alkyl halides is 2. The first-order valence-corrected chi connectivity index (χ1v) is 14.7. The van der Waals surface area contributed by atoms with Crippen LogP contribution >= 0.6 is 0 Å². The minimum Gasteiger partial charge on any atom is -0.444 e. The van der Waals surface area contributed by atoms with Gasteiger partial charge in [-0.2, -0.15) is 8.78 Å². The lowest BCUT2D eigenvalue weighted by atomic mass is 9.69. The molecular weight excluding hydrogens is 574 g/mol. The molecule has 1 saturated heterocycles. The van der Waals surface area contributed by atoms with Gasteiger partial charge >= 0.3 is 12.7 Å². The molecule has 1 aromatic heterocycles. The molecule has 0 bridgehead atoms. The number of aromatic nitrogens is 1. The van der Waals surface area contributed by atoms with E-state index < -0.39 is 29.6 Å². The van der Waals surface area contributed by atoms with Crippen molar-refractivity contribution in [2.45, 2.75) is 77.9 Å². The molecule has 0 atom stereocenters. The van der Waals surface area contributed by atoms with Crippen LogP contribution in [0, 0.1) is 6.92 Å². The van der Waals surface area contributed by atoms with Gasteiger partial charge in [-0.3, -0.25) is 14.5 Å². The molecule has 1 aliphatic rings. The molecular formula is C32H44F2N4O6. The number of piperidine rings is 1. The smallest absolute Gasteiger partial charge is 0.410 e. The number of aryl methyl sites for hydroxylation is 1. The van der Waals surface area contributed by atoms with Gasteiger partial charge in [0.05, 0.1) is 12.0 Å². The molecule has 0 radical (unpaired) electrons. The molecule has 0 aliphatic carbocycles. The predicted molar refractivity (Wildman–Crippen MR) is 162 cm³/mol. The Morgan fingerprint density at radius 2 is 1.75 bits per heavy atom. The molecule has 1 aliphatic heterocycles. The number of rotatable bonds is 11. The third kappa shape index (κ3) is 8.87. The molecule has 12 heteroatoms. The van der Waals surface area contributed by atoms with Gasteiger partial charge in [0.1, 0.15) is 17.8 Å². The van der Waals surface area contributed by atoms with Crippen LogP contribution in [-0.2, 0) is 24.5 Å². The van der Waals surface area contributed by atoms with Crippen molar-refractivity contribution in [1.82, 2.24) is 14.8 Å². The number of ether oxygens (including phenoxy) is 3. The number of hydrogen-bond acceptors (Lipinski definition) is 7. The standard InChI is InChI=1S/C32H44F2N4O6/c1-21(2)23-10-8-9-11-24(23)32(28(40)36-25-13-12-22(3)35-27(25)43-29(33)34)14-16-37(17-15-32)26(39)20-38(18-19-42-7)30(41)44-31(4,5)6/h8-13,21,29H,14-20H2,1-7H3,(H,36,40). The summed E-state index contributed by atoms with van der Waals surface area (Å²) in [6.07, 6.45) is -0.0836. The zero-order chi connectivity index (χ0) is 32.7. The number of carbonyl (C=O) groups is 3. The van der Waals surface area contributed by atoms with Crippen molar-refractivity contribution in [3.63, 3.8) is 0 Å². The summed E-state index contributed by atoms with van der Waals surface area (Å²) in [7, 11) is 1.51. The summed E-state index contributed by atoms with van der Waals surface area (Å²) < 4.78 is 41.6. The van der Waals surface area contributed by atoms with Crippen LogP contribution < -0.4 is 10.1 Å². The van der Waals surface area contributed by atoms with Gasteiger partial charge in [-0.05, 0) is 69.7 Å². The number of amides is 3. The Balaban J connectivity index is 1.89. The Morgan fingerprint density at radius 1 is 1.09 bits per heavy atom.